The number of hydrogen-bond acceptors (Lipinski definition) is 4. The fraction of sp³-hybridized carbons (Fsp3) is 0.556. The van der Waals surface area contributed by atoms with Crippen molar-refractivity contribution in [3.05, 3.63) is 16.6 Å². The highest BCUT2D eigenvalue weighted by atomic mass is 32.1. The summed E-state index contributed by atoms with van der Waals surface area (Å²) in [6, 6.07) is 0. The van der Waals surface area contributed by atoms with Gasteiger partial charge in [0.25, 0.3) is 0 Å². The van der Waals surface area contributed by atoms with Crippen LogP contribution in [-0.2, 0) is 11.3 Å². The zero-order valence-electron chi connectivity index (χ0n) is 7.72. The molecule has 5 heteroatoms. The van der Waals surface area contributed by atoms with Gasteiger partial charge < -0.3 is 4.90 Å². The zero-order valence-corrected chi connectivity index (χ0v) is 9.43. The molecule has 0 aromatic carbocycles. The molecule has 0 spiro atoms. The number of likely N-dealkylation sites (tertiary alicyclic amines) is 1. The standard InChI is InChI=1S/C9H12N2OS2/c12-9-1-7(5-13)3-11(9)4-8-2-10-6-14-8/h2,6-7,13H,1,3-5H2. The van der Waals surface area contributed by atoms with Crippen LogP contribution < -0.4 is 0 Å². The number of thiol groups is 1. The number of carbonyl (C=O) groups is 1. The van der Waals surface area contributed by atoms with Gasteiger partial charge in [0.1, 0.15) is 0 Å². The van der Waals surface area contributed by atoms with Gasteiger partial charge in [0.05, 0.1) is 12.1 Å². The van der Waals surface area contributed by atoms with Gasteiger partial charge in [-0.25, -0.2) is 0 Å². The third-order valence-corrected chi connectivity index (χ3v) is 3.66. The van der Waals surface area contributed by atoms with Crippen LogP contribution in [0.5, 0.6) is 0 Å². The molecule has 1 fully saturated rings. The zero-order chi connectivity index (χ0) is 9.97. The molecule has 0 N–H and O–H groups in total. The Hall–Kier alpha value is -0.550. The SMILES string of the molecule is O=C1CC(CS)CN1Cc1cncs1. The van der Waals surface area contributed by atoms with E-state index in [0.717, 1.165) is 17.2 Å². The summed E-state index contributed by atoms with van der Waals surface area (Å²) in [6.07, 6.45) is 2.48. The molecule has 0 radical (unpaired) electrons. The van der Waals surface area contributed by atoms with E-state index in [4.69, 9.17) is 0 Å². The van der Waals surface area contributed by atoms with Crippen LogP contribution in [0.2, 0.25) is 0 Å². The Morgan fingerprint density at radius 2 is 2.57 bits per heavy atom. The van der Waals surface area contributed by atoms with Gasteiger partial charge >= 0.3 is 0 Å². The molecule has 1 atom stereocenters. The largest absolute Gasteiger partial charge is 0.337 e. The van der Waals surface area contributed by atoms with Gasteiger partial charge in [-0.15, -0.1) is 11.3 Å². The molecule has 0 bridgehead atoms. The van der Waals surface area contributed by atoms with Crippen molar-refractivity contribution in [2.75, 3.05) is 12.3 Å². The molecule has 1 aromatic rings. The van der Waals surface area contributed by atoms with Gasteiger partial charge in [-0.3, -0.25) is 9.78 Å². The first-order valence-corrected chi connectivity index (χ1v) is 6.07. The molecule has 14 heavy (non-hydrogen) atoms. The second kappa shape index (κ2) is 4.31. The Kier molecular flexibility index (Phi) is 3.08. The van der Waals surface area contributed by atoms with Crippen LogP contribution in [-0.4, -0.2) is 28.1 Å². The predicted octanol–water partition coefficient (Wildman–Crippen LogP) is 1.42. The molecule has 1 unspecified atom stereocenters. The molecule has 1 aromatic heterocycles. The van der Waals surface area contributed by atoms with Crippen LogP contribution in [0.15, 0.2) is 11.7 Å². The number of rotatable bonds is 3. The minimum Gasteiger partial charge on any atom is -0.337 e. The fourth-order valence-corrected chi connectivity index (χ4v) is 2.49. The maximum atomic E-state index is 11.5. The summed E-state index contributed by atoms with van der Waals surface area (Å²) < 4.78 is 0. The number of nitrogens with zero attached hydrogens (tertiary/aromatic N) is 2. The number of carbonyl (C=O) groups excluding carboxylic acids is 1. The third-order valence-electron chi connectivity index (χ3n) is 2.38. The summed E-state index contributed by atoms with van der Waals surface area (Å²) in [5.74, 6) is 1.47. The highest BCUT2D eigenvalue weighted by molar-refractivity contribution is 7.80. The molecule has 76 valence electrons. The van der Waals surface area contributed by atoms with Gasteiger partial charge in [-0.1, -0.05) is 0 Å². The van der Waals surface area contributed by atoms with E-state index in [1.165, 1.54) is 0 Å². The maximum Gasteiger partial charge on any atom is 0.223 e. The second-order valence-electron chi connectivity index (χ2n) is 3.49. The Balaban J connectivity index is 1.96. The molecule has 1 amide bonds. The first kappa shape index (κ1) is 9.98. The maximum absolute atomic E-state index is 11.5. The molecule has 3 nitrogen and oxygen atoms in total. The summed E-state index contributed by atoms with van der Waals surface area (Å²) in [5.41, 5.74) is 1.80. The Labute approximate surface area is 92.6 Å². The Bertz CT molecular complexity index is 313. The van der Waals surface area contributed by atoms with E-state index in [2.05, 4.69) is 17.6 Å². The van der Waals surface area contributed by atoms with Crippen LogP contribution >= 0.6 is 24.0 Å². The van der Waals surface area contributed by atoms with E-state index in [-0.39, 0.29) is 5.91 Å². The molecule has 0 aliphatic carbocycles. The lowest BCUT2D eigenvalue weighted by Crippen LogP contribution is -2.24. The second-order valence-corrected chi connectivity index (χ2v) is 4.83. The number of hydrogen-bond donors (Lipinski definition) is 1. The average molecular weight is 228 g/mol. The lowest BCUT2D eigenvalue weighted by atomic mass is 10.1. The molecule has 2 heterocycles. The first-order chi connectivity index (χ1) is 6.79. The molecule has 1 saturated heterocycles. The molecular weight excluding hydrogens is 216 g/mol. The minimum atomic E-state index is 0.248. The number of aromatic nitrogens is 1. The fourth-order valence-electron chi connectivity index (χ4n) is 1.64. The predicted molar refractivity (Wildman–Crippen MR) is 59.5 cm³/mol. The van der Waals surface area contributed by atoms with Crippen LogP contribution in [0.1, 0.15) is 11.3 Å². The van der Waals surface area contributed by atoms with Crippen molar-refractivity contribution in [1.29, 1.82) is 0 Å². The first-order valence-electron chi connectivity index (χ1n) is 4.55. The normalized spacial score (nSPS) is 21.9. The summed E-state index contributed by atoms with van der Waals surface area (Å²) in [4.78, 5) is 18.6. The summed E-state index contributed by atoms with van der Waals surface area (Å²) in [6.45, 7) is 1.56. The third kappa shape index (κ3) is 2.09. The lowest BCUT2D eigenvalue weighted by molar-refractivity contribution is -0.128. The van der Waals surface area contributed by atoms with Gasteiger partial charge in [-0.2, -0.15) is 12.6 Å². The van der Waals surface area contributed by atoms with Crippen molar-refractivity contribution >= 4 is 29.9 Å². The topological polar surface area (TPSA) is 33.2 Å². The smallest absolute Gasteiger partial charge is 0.223 e. The van der Waals surface area contributed by atoms with Crippen molar-refractivity contribution in [2.45, 2.75) is 13.0 Å². The van der Waals surface area contributed by atoms with Crippen molar-refractivity contribution in [2.24, 2.45) is 5.92 Å². The van der Waals surface area contributed by atoms with Crippen molar-refractivity contribution < 1.29 is 4.79 Å². The number of thiazole rings is 1. The Morgan fingerprint density at radius 1 is 1.71 bits per heavy atom. The summed E-state index contributed by atoms with van der Waals surface area (Å²) in [7, 11) is 0. The van der Waals surface area contributed by atoms with Crippen LogP contribution in [0.4, 0.5) is 0 Å². The van der Waals surface area contributed by atoms with Gasteiger partial charge in [0, 0.05) is 24.0 Å². The molecular formula is C9H12N2OS2. The average Bonchev–Trinajstić information content (AvgIpc) is 2.78. The molecule has 1 aliphatic rings. The monoisotopic (exact) mass is 228 g/mol. The van der Waals surface area contributed by atoms with Gasteiger partial charge in [0.2, 0.25) is 5.91 Å². The van der Waals surface area contributed by atoms with Gasteiger partial charge in [-0.05, 0) is 11.7 Å². The highest BCUT2D eigenvalue weighted by Crippen LogP contribution is 2.21. The van der Waals surface area contributed by atoms with E-state index >= 15 is 0 Å². The van der Waals surface area contributed by atoms with E-state index in [1.807, 2.05) is 11.1 Å². The van der Waals surface area contributed by atoms with Crippen LogP contribution in [0.25, 0.3) is 0 Å². The minimum absolute atomic E-state index is 0.248. The van der Waals surface area contributed by atoms with Crippen molar-refractivity contribution in [1.82, 2.24) is 9.88 Å². The quantitative estimate of drug-likeness (QED) is 0.794. The summed E-state index contributed by atoms with van der Waals surface area (Å²) >= 11 is 5.82. The van der Waals surface area contributed by atoms with Crippen molar-refractivity contribution in [3.8, 4) is 0 Å². The van der Waals surface area contributed by atoms with Crippen molar-refractivity contribution in [3.63, 3.8) is 0 Å². The van der Waals surface area contributed by atoms with E-state index < -0.39 is 0 Å². The molecule has 0 saturated carbocycles. The van der Waals surface area contributed by atoms with Crippen LogP contribution in [0, 0.1) is 5.92 Å². The van der Waals surface area contributed by atoms with Crippen LogP contribution in [0.3, 0.4) is 0 Å². The van der Waals surface area contributed by atoms with E-state index in [1.54, 1.807) is 16.8 Å². The molecule has 1 aliphatic heterocycles. The Morgan fingerprint density at radius 3 is 3.14 bits per heavy atom. The lowest BCUT2D eigenvalue weighted by Gasteiger charge is -2.14. The summed E-state index contributed by atoms with van der Waals surface area (Å²) in [5, 5.41) is 0. The highest BCUT2D eigenvalue weighted by Gasteiger charge is 2.28. The molecule has 2 rings (SSSR count). The van der Waals surface area contributed by atoms with E-state index in [9.17, 15) is 4.79 Å². The van der Waals surface area contributed by atoms with Gasteiger partial charge in [0.15, 0.2) is 0 Å². The van der Waals surface area contributed by atoms with E-state index in [0.29, 0.717) is 18.9 Å². The number of amides is 1.